The van der Waals surface area contributed by atoms with Gasteiger partial charge < -0.3 is 10.3 Å². The molecule has 0 aromatic carbocycles. The average molecular weight is 330 g/mol. The minimum atomic E-state index is 0.456. The second-order valence-electron chi connectivity index (χ2n) is 5.75. The van der Waals surface area contributed by atoms with Crippen LogP contribution in [0.25, 0.3) is 11.0 Å². The summed E-state index contributed by atoms with van der Waals surface area (Å²) in [6, 6.07) is 0.505. The molecule has 1 fully saturated rings. The van der Waals surface area contributed by atoms with Crippen LogP contribution in [0.15, 0.2) is 40.9 Å². The number of aliphatic imine (C=N–C) groups is 1. The molecule has 1 saturated carbocycles. The minimum Gasteiger partial charge on any atom is -0.383 e. The van der Waals surface area contributed by atoms with Crippen LogP contribution in [0.4, 0.5) is 5.82 Å². The van der Waals surface area contributed by atoms with Crippen molar-refractivity contribution >= 4 is 34.7 Å². The zero-order valence-corrected chi connectivity index (χ0v) is 13.9. The fraction of sp³-hybridized carbons (Fsp3) is 0.353. The van der Waals surface area contributed by atoms with Crippen LogP contribution in [0.3, 0.4) is 0 Å². The van der Waals surface area contributed by atoms with Crippen LogP contribution >= 0.6 is 11.6 Å². The Hall–Kier alpha value is -2.14. The highest BCUT2D eigenvalue weighted by Gasteiger charge is 2.24. The molecule has 0 saturated heterocycles. The van der Waals surface area contributed by atoms with Gasteiger partial charge in [0, 0.05) is 35.6 Å². The van der Waals surface area contributed by atoms with Crippen LogP contribution in [0.2, 0.25) is 0 Å². The van der Waals surface area contributed by atoms with Gasteiger partial charge in [-0.2, -0.15) is 0 Å². The Morgan fingerprint density at radius 2 is 2.30 bits per heavy atom. The molecule has 23 heavy (non-hydrogen) atoms. The molecule has 2 N–H and O–H groups in total. The molecule has 1 aliphatic carbocycles. The summed E-state index contributed by atoms with van der Waals surface area (Å²) in [5, 5.41) is 1.37. The van der Waals surface area contributed by atoms with Crippen LogP contribution < -0.4 is 5.73 Å². The number of nitrogens with two attached hydrogens (primary N) is 1. The highest BCUT2D eigenvalue weighted by molar-refractivity contribution is 6.30. The van der Waals surface area contributed by atoms with Crippen molar-refractivity contribution in [2.24, 2.45) is 4.99 Å². The lowest BCUT2D eigenvalue weighted by molar-refractivity contribution is 0.320. The monoisotopic (exact) mass is 329 g/mol. The highest BCUT2D eigenvalue weighted by Crippen LogP contribution is 2.37. The fourth-order valence-electron chi connectivity index (χ4n) is 2.94. The molecular weight excluding hydrogens is 310 g/mol. The SMILES string of the molecule is C=C(Cl)/C=C(Cc1cn(C2CCC2)c2ncnc(N)c12)\N=C/C. The Labute approximate surface area is 140 Å². The van der Waals surface area contributed by atoms with Gasteiger partial charge in [0.25, 0.3) is 0 Å². The van der Waals surface area contributed by atoms with Gasteiger partial charge in [-0.25, -0.2) is 9.97 Å². The first-order chi connectivity index (χ1) is 11.1. The summed E-state index contributed by atoms with van der Waals surface area (Å²) in [6.45, 7) is 5.59. The number of halogens is 1. The highest BCUT2D eigenvalue weighted by atomic mass is 35.5. The minimum absolute atomic E-state index is 0.456. The lowest BCUT2D eigenvalue weighted by Crippen LogP contribution is -2.16. The van der Waals surface area contributed by atoms with Crippen molar-refractivity contribution in [2.75, 3.05) is 5.73 Å². The van der Waals surface area contributed by atoms with Crippen LogP contribution in [0, 0.1) is 0 Å². The normalized spacial score (nSPS) is 16.2. The van der Waals surface area contributed by atoms with Crippen molar-refractivity contribution in [3.05, 3.63) is 41.5 Å². The van der Waals surface area contributed by atoms with E-state index < -0.39 is 0 Å². The third kappa shape index (κ3) is 3.15. The van der Waals surface area contributed by atoms with Crippen molar-refractivity contribution in [3.63, 3.8) is 0 Å². The van der Waals surface area contributed by atoms with E-state index in [1.165, 1.54) is 25.6 Å². The molecule has 2 heterocycles. The lowest BCUT2D eigenvalue weighted by Gasteiger charge is -2.27. The molecule has 2 aromatic heterocycles. The van der Waals surface area contributed by atoms with Gasteiger partial charge in [-0.3, -0.25) is 4.99 Å². The summed E-state index contributed by atoms with van der Waals surface area (Å²) in [5.41, 5.74) is 8.93. The molecule has 2 aromatic rings. The van der Waals surface area contributed by atoms with Gasteiger partial charge in [0.2, 0.25) is 0 Å². The van der Waals surface area contributed by atoms with E-state index in [9.17, 15) is 0 Å². The standard InChI is InChI=1S/C17H20ClN5/c1-3-20-13(7-11(2)18)8-12-9-23(14-5-4-6-14)17-15(12)16(19)21-10-22-17/h3,7,9-10,14H,2,4-6,8H2,1H3,(H2,19,21,22)/b13-7-,20-3-. The second kappa shape index (κ2) is 6.54. The number of rotatable bonds is 5. The number of aromatic nitrogens is 3. The van der Waals surface area contributed by atoms with E-state index >= 15 is 0 Å². The predicted molar refractivity (Wildman–Crippen MR) is 95.8 cm³/mol. The van der Waals surface area contributed by atoms with Crippen LogP contribution in [0.1, 0.15) is 37.8 Å². The molecule has 0 unspecified atom stereocenters. The van der Waals surface area contributed by atoms with Crippen molar-refractivity contribution < 1.29 is 0 Å². The summed E-state index contributed by atoms with van der Waals surface area (Å²) in [4.78, 5) is 13.0. The van der Waals surface area contributed by atoms with Crippen LogP contribution in [0.5, 0.6) is 0 Å². The number of fused-ring (bicyclic) bond motifs is 1. The first kappa shape index (κ1) is 15.7. The van der Waals surface area contributed by atoms with Gasteiger partial charge >= 0.3 is 0 Å². The average Bonchev–Trinajstić information content (AvgIpc) is 2.76. The first-order valence-electron chi connectivity index (χ1n) is 7.73. The summed E-state index contributed by atoms with van der Waals surface area (Å²) in [5.74, 6) is 0.507. The first-order valence-corrected chi connectivity index (χ1v) is 8.11. The maximum absolute atomic E-state index is 6.11. The van der Waals surface area contributed by atoms with Gasteiger partial charge in [-0.05, 0) is 37.8 Å². The fourth-order valence-corrected chi connectivity index (χ4v) is 3.07. The maximum atomic E-state index is 6.11. The molecule has 6 heteroatoms. The molecule has 1 aliphatic rings. The van der Waals surface area contributed by atoms with Crippen molar-refractivity contribution in [3.8, 4) is 0 Å². The van der Waals surface area contributed by atoms with Gasteiger partial charge in [-0.15, -0.1) is 0 Å². The second-order valence-corrected chi connectivity index (χ2v) is 6.24. The Kier molecular flexibility index (Phi) is 4.48. The molecule has 0 radical (unpaired) electrons. The Morgan fingerprint density at radius 3 is 2.91 bits per heavy atom. The van der Waals surface area contributed by atoms with Gasteiger partial charge in [0.05, 0.1) is 5.39 Å². The molecule has 0 atom stereocenters. The van der Waals surface area contributed by atoms with E-state index in [1.54, 1.807) is 12.3 Å². The Bertz CT molecular complexity index is 799. The van der Waals surface area contributed by atoms with Crippen molar-refractivity contribution in [1.82, 2.24) is 14.5 Å². The van der Waals surface area contributed by atoms with E-state index in [2.05, 4.69) is 32.3 Å². The van der Waals surface area contributed by atoms with Crippen LogP contribution in [-0.4, -0.2) is 20.7 Å². The molecule has 0 amide bonds. The maximum Gasteiger partial charge on any atom is 0.146 e. The van der Waals surface area contributed by atoms with Crippen LogP contribution in [-0.2, 0) is 6.42 Å². The van der Waals surface area contributed by atoms with Gasteiger partial charge in [0.15, 0.2) is 0 Å². The number of nitrogens with zero attached hydrogens (tertiary/aromatic N) is 4. The third-order valence-electron chi connectivity index (χ3n) is 4.18. The predicted octanol–water partition coefficient (Wildman–Crippen LogP) is 4.01. The zero-order valence-electron chi connectivity index (χ0n) is 13.2. The largest absolute Gasteiger partial charge is 0.383 e. The van der Waals surface area contributed by atoms with Crippen molar-refractivity contribution in [2.45, 2.75) is 38.6 Å². The number of hydrogen-bond donors (Lipinski definition) is 1. The number of allylic oxidation sites excluding steroid dienone is 3. The Balaban J connectivity index is 2.08. The van der Waals surface area contributed by atoms with E-state index in [0.717, 1.165) is 22.3 Å². The number of hydrogen-bond acceptors (Lipinski definition) is 4. The van der Waals surface area contributed by atoms with E-state index in [4.69, 9.17) is 17.3 Å². The number of anilines is 1. The summed E-state index contributed by atoms with van der Waals surface area (Å²) < 4.78 is 2.23. The summed E-state index contributed by atoms with van der Waals surface area (Å²) >= 11 is 5.91. The van der Waals surface area contributed by atoms with Gasteiger partial charge in [0.1, 0.15) is 17.8 Å². The molecular formula is C17H20ClN5. The smallest absolute Gasteiger partial charge is 0.146 e. The van der Waals surface area contributed by atoms with Crippen molar-refractivity contribution in [1.29, 1.82) is 0 Å². The topological polar surface area (TPSA) is 69.1 Å². The molecule has 3 rings (SSSR count). The molecule has 0 aliphatic heterocycles. The Morgan fingerprint density at radius 1 is 1.52 bits per heavy atom. The molecule has 0 bridgehead atoms. The summed E-state index contributed by atoms with van der Waals surface area (Å²) in [7, 11) is 0. The molecule has 0 spiro atoms. The quantitative estimate of drug-likeness (QED) is 0.665. The zero-order chi connectivity index (χ0) is 16.4. The third-order valence-corrected chi connectivity index (χ3v) is 4.28. The van der Waals surface area contributed by atoms with E-state index in [-0.39, 0.29) is 0 Å². The van der Waals surface area contributed by atoms with Gasteiger partial charge in [-0.1, -0.05) is 18.2 Å². The number of nitrogen functional groups attached to an aromatic ring is 1. The lowest BCUT2D eigenvalue weighted by atomic mass is 9.93. The molecule has 5 nitrogen and oxygen atoms in total. The summed E-state index contributed by atoms with van der Waals surface area (Å²) in [6.07, 6.45) is 11.4. The molecule has 120 valence electrons. The van der Waals surface area contributed by atoms with E-state index in [0.29, 0.717) is 23.3 Å². The van der Waals surface area contributed by atoms with E-state index in [1.807, 2.05) is 6.92 Å².